The fourth-order valence-corrected chi connectivity index (χ4v) is 3.31. The first-order chi connectivity index (χ1) is 12.3. The van der Waals surface area contributed by atoms with E-state index >= 15 is 0 Å². The minimum atomic E-state index is 0.0196. The van der Waals surface area contributed by atoms with Gasteiger partial charge in [0.1, 0.15) is 11.3 Å². The van der Waals surface area contributed by atoms with Gasteiger partial charge in [-0.15, -0.1) is 0 Å². The van der Waals surface area contributed by atoms with Crippen molar-refractivity contribution in [3.63, 3.8) is 0 Å². The second kappa shape index (κ2) is 8.66. The van der Waals surface area contributed by atoms with Gasteiger partial charge in [-0.2, -0.15) is 0 Å². The van der Waals surface area contributed by atoms with E-state index < -0.39 is 0 Å². The zero-order chi connectivity index (χ0) is 17.5. The Morgan fingerprint density at radius 1 is 0.840 bits per heavy atom. The summed E-state index contributed by atoms with van der Waals surface area (Å²) in [7, 11) is 0. The Morgan fingerprint density at radius 3 is 2.44 bits per heavy atom. The van der Waals surface area contributed by atoms with Crippen LogP contribution in [-0.4, -0.2) is 0 Å². The van der Waals surface area contributed by atoms with Crippen molar-refractivity contribution in [3.8, 4) is 11.3 Å². The van der Waals surface area contributed by atoms with E-state index in [4.69, 9.17) is 4.42 Å². The second-order valence-electron chi connectivity index (χ2n) is 6.65. The number of unbranched alkanes of at least 4 members (excludes halogenated alkanes) is 5. The molecular weight excluding hydrogens is 308 g/mol. The van der Waals surface area contributed by atoms with Crippen LogP contribution in [0.5, 0.6) is 0 Å². The van der Waals surface area contributed by atoms with Gasteiger partial charge in [-0.05, 0) is 30.5 Å². The van der Waals surface area contributed by atoms with Gasteiger partial charge in [0.05, 0.1) is 5.39 Å². The van der Waals surface area contributed by atoms with Crippen LogP contribution < -0.4 is 5.43 Å². The molecule has 0 spiro atoms. The van der Waals surface area contributed by atoms with Crippen LogP contribution in [0.4, 0.5) is 0 Å². The van der Waals surface area contributed by atoms with Gasteiger partial charge in [-0.3, -0.25) is 4.79 Å². The minimum absolute atomic E-state index is 0.0196. The number of benzene rings is 2. The third-order valence-electron chi connectivity index (χ3n) is 4.72. The first-order valence-corrected chi connectivity index (χ1v) is 9.41. The van der Waals surface area contributed by atoms with Crippen molar-refractivity contribution in [2.24, 2.45) is 0 Å². The van der Waals surface area contributed by atoms with Gasteiger partial charge in [-0.1, -0.05) is 75.4 Å². The Balaban J connectivity index is 1.80. The van der Waals surface area contributed by atoms with E-state index in [1.807, 2.05) is 30.3 Å². The topological polar surface area (TPSA) is 30.2 Å². The van der Waals surface area contributed by atoms with Gasteiger partial charge >= 0.3 is 0 Å². The molecule has 0 fully saturated rings. The number of hydrogen-bond acceptors (Lipinski definition) is 2. The monoisotopic (exact) mass is 334 g/mol. The molecule has 1 aromatic heterocycles. The van der Waals surface area contributed by atoms with E-state index in [2.05, 4.69) is 25.1 Å². The van der Waals surface area contributed by atoms with E-state index in [9.17, 15) is 4.79 Å². The van der Waals surface area contributed by atoms with Crippen LogP contribution in [0.3, 0.4) is 0 Å². The highest BCUT2D eigenvalue weighted by Gasteiger charge is 2.10. The molecule has 0 aliphatic carbocycles. The molecule has 0 N–H and O–H groups in total. The number of hydrogen-bond donors (Lipinski definition) is 0. The van der Waals surface area contributed by atoms with E-state index in [0.29, 0.717) is 16.7 Å². The van der Waals surface area contributed by atoms with Gasteiger partial charge in [0.15, 0.2) is 5.43 Å². The second-order valence-corrected chi connectivity index (χ2v) is 6.65. The van der Waals surface area contributed by atoms with Crippen LogP contribution in [0.2, 0.25) is 0 Å². The Labute approximate surface area is 149 Å². The lowest BCUT2D eigenvalue weighted by Gasteiger charge is -2.09. The molecule has 0 atom stereocenters. The summed E-state index contributed by atoms with van der Waals surface area (Å²) in [4.78, 5) is 12.4. The van der Waals surface area contributed by atoms with Crippen LogP contribution >= 0.6 is 0 Å². The molecule has 25 heavy (non-hydrogen) atoms. The third-order valence-corrected chi connectivity index (χ3v) is 4.72. The quantitative estimate of drug-likeness (QED) is 0.448. The lowest BCUT2D eigenvalue weighted by Crippen LogP contribution is -2.01. The van der Waals surface area contributed by atoms with Crippen LogP contribution in [0.25, 0.3) is 22.3 Å². The summed E-state index contributed by atoms with van der Waals surface area (Å²) in [5.41, 5.74) is 2.97. The predicted molar refractivity (Wildman–Crippen MR) is 105 cm³/mol. The van der Waals surface area contributed by atoms with E-state index in [0.717, 1.165) is 12.0 Å². The molecule has 0 saturated heterocycles. The van der Waals surface area contributed by atoms with E-state index in [-0.39, 0.29) is 5.43 Å². The van der Waals surface area contributed by atoms with E-state index in [1.165, 1.54) is 44.1 Å². The lowest BCUT2D eigenvalue weighted by atomic mass is 9.98. The fourth-order valence-electron chi connectivity index (χ4n) is 3.31. The molecule has 0 amide bonds. The molecular formula is C23H26O2. The standard InChI is InChI=1S/C23H26O2/c1-2-3-4-5-6-7-12-18-13-8-9-14-19(18)23-17-21(24)20-15-10-11-16-22(20)25-23/h8-11,13-17H,2-7,12H2,1H3. The van der Waals surface area contributed by atoms with Crippen molar-refractivity contribution >= 4 is 11.0 Å². The SMILES string of the molecule is CCCCCCCCc1ccccc1-c1cc(=O)c2ccccc2o1. The van der Waals surface area contributed by atoms with Gasteiger partial charge in [0.2, 0.25) is 0 Å². The minimum Gasteiger partial charge on any atom is -0.456 e. The van der Waals surface area contributed by atoms with Gasteiger partial charge in [-0.25, -0.2) is 0 Å². The summed E-state index contributed by atoms with van der Waals surface area (Å²) in [6, 6.07) is 17.3. The smallest absolute Gasteiger partial charge is 0.193 e. The first-order valence-electron chi connectivity index (χ1n) is 9.41. The number of fused-ring (bicyclic) bond motifs is 1. The molecule has 0 aliphatic rings. The Morgan fingerprint density at radius 2 is 1.56 bits per heavy atom. The Hall–Kier alpha value is -2.35. The average molecular weight is 334 g/mol. The molecule has 1 heterocycles. The zero-order valence-corrected chi connectivity index (χ0v) is 15.0. The molecule has 130 valence electrons. The molecule has 0 radical (unpaired) electrons. The van der Waals surface area contributed by atoms with Crippen molar-refractivity contribution in [1.82, 2.24) is 0 Å². The molecule has 0 bridgehead atoms. The summed E-state index contributed by atoms with van der Waals surface area (Å²) < 4.78 is 6.03. The molecule has 0 unspecified atom stereocenters. The number of para-hydroxylation sites is 1. The van der Waals surface area contributed by atoms with Crippen molar-refractivity contribution in [2.75, 3.05) is 0 Å². The van der Waals surface area contributed by atoms with E-state index in [1.54, 1.807) is 6.07 Å². The van der Waals surface area contributed by atoms with Crippen molar-refractivity contribution in [1.29, 1.82) is 0 Å². The first kappa shape index (κ1) is 17.5. The van der Waals surface area contributed by atoms with Crippen molar-refractivity contribution in [2.45, 2.75) is 51.9 Å². The number of rotatable bonds is 8. The van der Waals surface area contributed by atoms with Gasteiger partial charge < -0.3 is 4.42 Å². The maximum Gasteiger partial charge on any atom is 0.193 e. The molecule has 3 aromatic rings. The molecule has 3 rings (SSSR count). The predicted octanol–water partition coefficient (Wildman–Crippen LogP) is 6.36. The van der Waals surface area contributed by atoms with Crippen LogP contribution in [0, 0.1) is 0 Å². The molecule has 0 aliphatic heterocycles. The summed E-state index contributed by atoms with van der Waals surface area (Å²) >= 11 is 0. The highest BCUT2D eigenvalue weighted by Crippen LogP contribution is 2.26. The Kier molecular flexibility index (Phi) is 6.05. The molecule has 0 saturated carbocycles. The van der Waals surface area contributed by atoms with Crippen LogP contribution in [-0.2, 0) is 6.42 Å². The van der Waals surface area contributed by atoms with Crippen LogP contribution in [0.15, 0.2) is 63.8 Å². The normalized spacial score (nSPS) is 11.1. The summed E-state index contributed by atoms with van der Waals surface area (Å²) in [6.07, 6.45) is 8.72. The van der Waals surface area contributed by atoms with Gasteiger partial charge in [0.25, 0.3) is 0 Å². The zero-order valence-electron chi connectivity index (χ0n) is 15.0. The van der Waals surface area contributed by atoms with Gasteiger partial charge in [0, 0.05) is 11.6 Å². The van der Waals surface area contributed by atoms with Crippen molar-refractivity contribution < 1.29 is 4.42 Å². The fraction of sp³-hybridized carbons (Fsp3) is 0.348. The maximum absolute atomic E-state index is 12.4. The largest absolute Gasteiger partial charge is 0.456 e. The Bertz CT molecular complexity index is 876. The number of aryl methyl sites for hydroxylation is 1. The summed E-state index contributed by atoms with van der Waals surface area (Å²) in [6.45, 7) is 2.24. The van der Waals surface area contributed by atoms with Crippen molar-refractivity contribution in [3.05, 3.63) is 70.4 Å². The highest BCUT2D eigenvalue weighted by molar-refractivity contribution is 5.78. The average Bonchev–Trinajstić information content (AvgIpc) is 2.65. The summed E-state index contributed by atoms with van der Waals surface area (Å²) in [5.74, 6) is 0.672. The molecule has 2 aromatic carbocycles. The molecule has 2 nitrogen and oxygen atoms in total. The lowest BCUT2D eigenvalue weighted by molar-refractivity contribution is 0.604. The maximum atomic E-state index is 12.4. The summed E-state index contributed by atoms with van der Waals surface area (Å²) in [5, 5.41) is 0.639. The molecule has 2 heteroatoms. The van der Waals surface area contributed by atoms with Crippen LogP contribution in [0.1, 0.15) is 51.0 Å². The third kappa shape index (κ3) is 4.39. The highest BCUT2D eigenvalue weighted by atomic mass is 16.3.